The highest BCUT2D eigenvalue weighted by atomic mass is 79.9. The third kappa shape index (κ3) is 13.4. The Hall–Kier alpha value is -2.18. The molecule has 0 aliphatic carbocycles. The van der Waals surface area contributed by atoms with Crippen LogP contribution in [0.25, 0.3) is 0 Å². The molecule has 0 spiro atoms. The number of rotatable bonds is 20. The summed E-state index contributed by atoms with van der Waals surface area (Å²) < 4.78 is 8.61. The molecule has 0 aliphatic heterocycles. The number of aromatic nitrogens is 1. The number of hydrogen-bond donors (Lipinski definition) is 0. The molecule has 0 atom stereocenters. The second-order valence-electron chi connectivity index (χ2n) is 13.0. The number of halogens is 1. The Morgan fingerprint density at radius 1 is 0.841 bits per heavy atom. The van der Waals surface area contributed by atoms with Crippen molar-refractivity contribution < 1.29 is 31.1 Å². The summed E-state index contributed by atoms with van der Waals surface area (Å²) in [4.78, 5) is 15.1. The maximum atomic E-state index is 13.2. The molecule has 3 aromatic rings. The lowest BCUT2D eigenvalue weighted by Crippen LogP contribution is -3.00. The van der Waals surface area contributed by atoms with Gasteiger partial charge in [0.2, 0.25) is 11.4 Å². The molecule has 0 aliphatic rings. The van der Waals surface area contributed by atoms with Gasteiger partial charge in [-0.15, -0.1) is 0 Å². The van der Waals surface area contributed by atoms with Gasteiger partial charge in [0.15, 0.2) is 12.7 Å². The smallest absolute Gasteiger partial charge is 0.227 e. The van der Waals surface area contributed by atoms with Crippen LogP contribution in [-0.2, 0) is 23.3 Å². The van der Waals surface area contributed by atoms with E-state index in [9.17, 15) is 4.79 Å². The van der Waals surface area contributed by atoms with Gasteiger partial charge in [0.1, 0.15) is 5.75 Å². The summed E-state index contributed by atoms with van der Waals surface area (Å²) >= 11 is 1.69. The van der Waals surface area contributed by atoms with E-state index >= 15 is 0 Å². The third-order valence-electron chi connectivity index (χ3n) is 8.17. The summed E-state index contributed by atoms with van der Waals surface area (Å²) in [6, 6.07) is 14.9. The van der Waals surface area contributed by atoms with Crippen molar-refractivity contribution in [1.82, 2.24) is 0 Å². The minimum atomic E-state index is -0.0169. The number of anilines is 1. The summed E-state index contributed by atoms with van der Waals surface area (Å²) in [5.41, 5.74) is 6.53. The molecule has 3 rings (SSSR count). The van der Waals surface area contributed by atoms with Gasteiger partial charge in [-0.25, -0.2) is 0 Å². The molecule has 0 fully saturated rings. The van der Waals surface area contributed by atoms with Crippen LogP contribution in [0.2, 0.25) is 0 Å². The average molecular weight is 686 g/mol. The lowest BCUT2D eigenvalue weighted by molar-refractivity contribution is -0.683. The van der Waals surface area contributed by atoms with Gasteiger partial charge in [-0.3, -0.25) is 4.79 Å². The van der Waals surface area contributed by atoms with Gasteiger partial charge in [-0.05, 0) is 41.2 Å². The molecule has 0 unspecified atom stereocenters. The molecule has 6 heteroatoms. The van der Waals surface area contributed by atoms with Crippen LogP contribution < -0.4 is 31.2 Å². The molecular formula is C38H57BrN2O2S. The maximum absolute atomic E-state index is 13.2. The van der Waals surface area contributed by atoms with Gasteiger partial charge >= 0.3 is 0 Å². The number of ether oxygens (including phenoxy) is 1. The first-order valence-corrected chi connectivity index (χ1v) is 17.8. The van der Waals surface area contributed by atoms with E-state index in [1.54, 1.807) is 11.3 Å². The van der Waals surface area contributed by atoms with E-state index in [0.29, 0.717) is 13.0 Å². The summed E-state index contributed by atoms with van der Waals surface area (Å²) in [7, 11) is 0. The monoisotopic (exact) mass is 684 g/mol. The summed E-state index contributed by atoms with van der Waals surface area (Å²) in [6.45, 7) is 13.0. The fourth-order valence-electron chi connectivity index (χ4n) is 5.61. The summed E-state index contributed by atoms with van der Waals surface area (Å²) in [6.07, 6.45) is 18.6. The van der Waals surface area contributed by atoms with Crippen molar-refractivity contribution >= 4 is 22.9 Å². The molecule has 0 saturated carbocycles. The molecule has 0 N–H and O–H groups in total. The van der Waals surface area contributed by atoms with E-state index in [1.165, 1.54) is 81.8 Å². The normalized spacial score (nSPS) is 11.3. The number of benzene rings is 2. The van der Waals surface area contributed by atoms with Gasteiger partial charge in [-0.1, -0.05) is 141 Å². The van der Waals surface area contributed by atoms with Crippen molar-refractivity contribution in [2.45, 2.75) is 137 Å². The van der Waals surface area contributed by atoms with Gasteiger partial charge in [0.25, 0.3) is 0 Å². The van der Waals surface area contributed by atoms with Crippen LogP contribution in [-0.4, -0.2) is 12.5 Å². The highest BCUT2D eigenvalue weighted by Gasteiger charge is 2.21. The number of carbonyl (C=O) groups is 1. The lowest BCUT2D eigenvalue weighted by atomic mass is 9.85. The Morgan fingerprint density at radius 2 is 1.50 bits per heavy atom. The molecule has 0 bridgehead atoms. The molecule has 244 valence electrons. The minimum Gasteiger partial charge on any atom is -1.00 e. The van der Waals surface area contributed by atoms with Crippen LogP contribution in [0.5, 0.6) is 5.75 Å². The van der Waals surface area contributed by atoms with Crippen LogP contribution >= 0.6 is 11.3 Å². The third-order valence-corrected chi connectivity index (χ3v) is 8.84. The largest absolute Gasteiger partial charge is 1.00 e. The van der Waals surface area contributed by atoms with Crippen LogP contribution in [0, 0.1) is 0 Å². The number of amides is 1. The van der Waals surface area contributed by atoms with E-state index in [0.717, 1.165) is 36.6 Å². The van der Waals surface area contributed by atoms with E-state index in [2.05, 4.69) is 85.7 Å². The standard InChI is InChI=1S/C38H57N2O2S.BrH/c1-6-8-9-10-11-12-13-14-15-16-17-18-25-42-36-28-33(22-23-35(36)38(3,4)5)30-40(37(41)7-2)34-21-19-20-32(27-34)29-39-24-26-43-31-39;/h19-24,26-28,31H,6-18,25,29-30H2,1-5H3;1H/q+1;/p-1. The quantitative estimate of drug-likeness (QED) is 0.0918. The second-order valence-corrected chi connectivity index (χ2v) is 13.8. The van der Waals surface area contributed by atoms with Gasteiger partial charge in [0.05, 0.1) is 18.5 Å². The van der Waals surface area contributed by atoms with Crippen molar-refractivity contribution in [3.8, 4) is 5.75 Å². The van der Waals surface area contributed by atoms with Crippen LogP contribution in [0.3, 0.4) is 0 Å². The molecule has 4 nitrogen and oxygen atoms in total. The Labute approximate surface area is 283 Å². The Balaban J connectivity index is 0.00000675. The SMILES string of the molecule is CCCCCCCCCCCCCCOc1cc(CN(C(=O)CC)c2cccc(C[n+]3ccsc3)c2)ccc1C(C)(C)C.[Br-]. The molecule has 2 aromatic carbocycles. The van der Waals surface area contributed by atoms with Crippen molar-refractivity contribution in [2.75, 3.05) is 11.5 Å². The van der Waals surface area contributed by atoms with Crippen LogP contribution in [0.15, 0.2) is 59.6 Å². The first-order valence-electron chi connectivity index (χ1n) is 16.9. The zero-order valence-corrected chi connectivity index (χ0v) is 30.5. The van der Waals surface area contributed by atoms with Gasteiger partial charge in [-0.2, -0.15) is 4.57 Å². The molecule has 1 amide bonds. The fourth-order valence-corrected chi connectivity index (χ4v) is 6.21. The molecule has 1 heterocycles. The van der Waals surface area contributed by atoms with E-state index in [4.69, 9.17) is 4.74 Å². The molecule has 0 saturated heterocycles. The highest BCUT2D eigenvalue weighted by Crippen LogP contribution is 2.33. The maximum Gasteiger partial charge on any atom is 0.227 e. The number of unbranched alkanes of at least 4 members (excludes halogenated alkanes) is 11. The number of thiazole rings is 1. The van der Waals surface area contributed by atoms with Crippen LogP contribution in [0.1, 0.15) is 135 Å². The zero-order valence-electron chi connectivity index (χ0n) is 28.1. The van der Waals surface area contributed by atoms with E-state index < -0.39 is 0 Å². The minimum absolute atomic E-state index is 0. The molecule has 0 radical (unpaired) electrons. The second kappa shape index (κ2) is 20.8. The lowest BCUT2D eigenvalue weighted by Gasteiger charge is -2.26. The van der Waals surface area contributed by atoms with Crippen LogP contribution in [0.4, 0.5) is 5.69 Å². The highest BCUT2D eigenvalue weighted by molar-refractivity contribution is 7.07. The fraction of sp³-hybridized carbons (Fsp3) is 0.579. The summed E-state index contributed by atoms with van der Waals surface area (Å²) in [5.74, 6) is 1.08. The van der Waals surface area contributed by atoms with Gasteiger partial charge < -0.3 is 26.6 Å². The first-order chi connectivity index (χ1) is 20.8. The first kappa shape index (κ1) is 38.0. The Morgan fingerprint density at radius 3 is 2.09 bits per heavy atom. The van der Waals surface area contributed by atoms with Crippen molar-refractivity contribution in [2.24, 2.45) is 0 Å². The number of carbonyl (C=O) groups excluding carboxylic acids is 1. The predicted molar refractivity (Wildman–Crippen MR) is 183 cm³/mol. The van der Waals surface area contributed by atoms with Crippen molar-refractivity contribution in [3.63, 3.8) is 0 Å². The number of hydrogen-bond acceptors (Lipinski definition) is 3. The summed E-state index contributed by atoms with van der Waals surface area (Å²) in [5, 5.41) is 2.08. The topological polar surface area (TPSA) is 33.4 Å². The van der Waals surface area contributed by atoms with E-state index in [-0.39, 0.29) is 28.3 Å². The van der Waals surface area contributed by atoms with Crippen molar-refractivity contribution in [1.29, 1.82) is 0 Å². The predicted octanol–water partition coefficient (Wildman–Crippen LogP) is 7.41. The zero-order chi connectivity index (χ0) is 30.9. The van der Waals surface area contributed by atoms with Gasteiger partial charge in [0, 0.05) is 17.7 Å². The molecule has 1 aromatic heterocycles. The average Bonchev–Trinajstić information content (AvgIpc) is 3.50. The van der Waals surface area contributed by atoms with Crippen molar-refractivity contribution in [3.05, 3.63) is 76.2 Å². The molecule has 44 heavy (non-hydrogen) atoms. The van der Waals surface area contributed by atoms with E-state index in [1.807, 2.05) is 17.9 Å². The number of nitrogens with zero attached hydrogens (tertiary/aromatic N) is 2. The molecular weight excluding hydrogens is 628 g/mol. The Bertz CT molecular complexity index is 1210. The Kier molecular flexibility index (Phi) is 17.9.